The van der Waals surface area contributed by atoms with Crippen LogP contribution in [0.4, 0.5) is 0 Å². The standard InChI is InChI=1S/C16H21NO4/c1-11-4-3-5-14(12(11)2)21-9-8-15(18)17(10-16(19)20)13-6-7-13/h3-5,13H,6-10H2,1-2H3,(H,19,20). The van der Waals surface area contributed by atoms with Crippen molar-refractivity contribution >= 4 is 11.9 Å². The Morgan fingerprint density at radius 1 is 1.33 bits per heavy atom. The Labute approximate surface area is 124 Å². The van der Waals surface area contributed by atoms with Gasteiger partial charge in [-0.2, -0.15) is 0 Å². The molecule has 5 heteroatoms. The predicted molar refractivity (Wildman–Crippen MR) is 78.4 cm³/mol. The van der Waals surface area contributed by atoms with Crippen LogP contribution in [0.5, 0.6) is 5.75 Å². The van der Waals surface area contributed by atoms with E-state index in [2.05, 4.69) is 0 Å². The first-order valence-corrected chi connectivity index (χ1v) is 7.19. The molecule has 0 saturated heterocycles. The first-order valence-electron chi connectivity index (χ1n) is 7.19. The van der Waals surface area contributed by atoms with Gasteiger partial charge < -0.3 is 14.7 Å². The zero-order valence-electron chi connectivity index (χ0n) is 12.5. The molecule has 1 aliphatic rings. The Kier molecular flexibility index (Phi) is 4.83. The van der Waals surface area contributed by atoms with Crippen molar-refractivity contribution in [2.45, 2.75) is 39.2 Å². The first kappa shape index (κ1) is 15.4. The Balaban J connectivity index is 1.85. The molecule has 114 valence electrons. The summed E-state index contributed by atoms with van der Waals surface area (Å²) in [4.78, 5) is 24.3. The fraction of sp³-hybridized carbons (Fsp3) is 0.500. The maximum absolute atomic E-state index is 12.1. The molecule has 1 aliphatic carbocycles. The third-order valence-electron chi connectivity index (χ3n) is 3.74. The molecule has 1 aromatic carbocycles. The average Bonchev–Trinajstić information content (AvgIpc) is 3.25. The van der Waals surface area contributed by atoms with Crippen LogP contribution in [0.2, 0.25) is 0 Å². The Bertz CT molecular complexity index is 537. The number of nitrogens with zero attached hydrogens (tertiary/aromatic N) is 1. The molecule has 1 aromatic rings. The quantitative estimate of drug-likeness (QED) is 0.836. The molecule has 1 saturated carbocycles. The normalized spacial score (nSPS) is 13.8. The van der Waals surface area contributed by atoms with Gasteiger partial charge in [-0.15, -0.1) is 0 Å². The summed E-state index contributed by atoms with van der Waals surface area (Å²) in [6, 6.07) is 5.91. The highest BCUT2D eigenvalue weighted by Crippen LogP contribution is 2.27. The third-order valence-corrected chi connectivity index (χ3v) is 3.74. The number of hydrogen-bond acceptors (Lipinski definition) is 3. The first-order chi connectivity index (χ1) is 9.99. The fourth-order valence-corrected chi connectivity index (χ4v) is 2.23. The molecule has 21 heavy (non-hydrogen) atoms. The van der Waals surface area contributed by atoms with E-state index >= 15 is 0 Å². The van der Waals surface area contributed by atoms with Crippen molar-refractivity contribution in [3.05, 3.63) is 29.3 Å². The van der Waals surface area contributed by atoms with Crippen LogP contribution in [0.1, 0.15) is 30.4 Å². The number of carbonyl (C=O) groups is 2. The van der Waals surface area contributed by atoms with Gasteiger partial charge in [0.1, 0.15) is 12.3 Å². The third kappa shape index (κ3) is 4.21. The van der Waals surface area contributed by atoms with E-state index in [0.717, 1.165) is 29.7 Å². The molecule has 1 amide bonds. The molecule has 0 atom stereocenters. The van der Waals surface area contributed by atoms with Gasteiger partial charge in [0, 0.05) is 6.04 Å². The van der Waals surface area contributed by atoms with E-state index in [1.54, 1.807) is 0 Å². The van der Waals surface area contributed by atoms with Crippen molar-refractivity contribution in [3.63, 3.8) is 0 Å². The number of rotatable bonds is 7. The summed E-state index contributed by atoms with van der Waals surface area (Å²) in [5.74, 6) is -0.338. The van der Waals surface area contributed by atoms with Gasteiger partial charge in [-0.25, -0.2) is 0 Å². The maximum atomic E-state index is 12.1. The van der Waals surface area contributed by atoms with Crippen LogP contribution in [0.15, 0.2) is 18.2 Å². The van der Waals surface area contributed by atoms with E-state index in [9.17, 15) is 9.59 Å². The number of aliphatic carboxylic acids is 1. The Morgan fingerprint density at radius 2 is 2.05 bits per heavy atom. The molecular formula is C16H21NO4. The number of benzene rings is 1. The van der Waals surface area contributed by atoms with Gasteiger partial charge in [0.2, 0.25) is 5.91 Å². The van der Waals surface area contributed by atoms with Crippen LogP contribution < -0.4 is 4.74 Å². The van der Waals surface area contributed by atoms with Gasteiger partial charge >= 0.3 is 5.97 Å². The van der Waals surface area contributed by atoms with Gasteiger partial charge in [0.15, 0.2) is 0 Å². The molecule has 0 radical (unpaired) electrons. The van der Waals surface area contributed by atoms with Crippen LogP contribution in [0.25, 0.3) is 0 Å². The molecule has 1 N–H and O–H groups in total. The van der Waals surface area contributed by atoms with Crippen LogP contribution >= 0.6 is 0 Å². The van der Waals surface area contributed by atoms with E-state index in [0.29, 0.717) is 0 Å². The molecular weight excluding hydrogens is 270 g/mol. The molecule has 0 aliphatic heterocycles. The number of carbonyl (C=O) groups excluding carboxylic acids is 1. The highest BCUT2D eigenvalue weighted by atomic mass is 16.5. The lowest BCUT2D eigenvalue weighted by molar-refractivity contribution is -0.145. The molecule has 0 heterocycles. The van der Waals surface area contributed by atoms with E-state index in [-0.39, 0.29) is 31.5 Å². The van der Waals surface area contributed by atoms with E-state index in [4.69, 9.17) is 9.84 Å². The minimum absolute atomic E-state index is 0.106. The molecule has 2 rings (SSSR count). The molecule has 0 unspecified atom stereocenters. The van der Waals surface area contributed by atoms with Crippen molar-refractivity contribution < 1.29 is 19.4 Å². The highest BCUT2D eigenvalue weighted by molar-refractivity contribution is 5.82. The largest absolute Gasteiger partial charge is 0.493 e. The summed E-state index contributed by atoms with van der Waals surface area (Å²) in [6.45, 7) is 4.04. The fourth-order valence-electron chi connectivity index (χ4n) is 2.23. The minimum Gasteiger partial charge on any atom is -0.493 e. The maximum Gasteiger partial charge on any atom is 0.323 e. The summed E-state index contributed by atoms with van der Waals surface area (Å²) >= 11 is 0. The molecule has 0 aromatic heterocycles. The van der Waals surface area contributed by atoms with Gasteiger partial charge in [-0.3, -0.25) is 9.59 Å². The number of carboxylic acids is 1. The van der Waals surface area contributed by atoms with Gasteiger partial charge in [-0.05, 0) is 43.9 Å². The topological polar surface area (TPSA) is 66.8 Å². The molecule has 5 nitrogen and oxygen atoms in total. The van der Waals surface area contributed by atoms with Crippen molar-refractivity contribution in [2.24, 2.45) is 0 Å². The summed E-state index contributed by atoms with van der Waals surface area (Å²) in [6.07, 6.45) is 2.00. The Hall–Kier alpha value is -2.04. The average molecular weight is 291 g/mol. The predicted octanol–water partition coefficient (Wildman–Crippen LogP) is 2.15. The Morgan fingerprint density at radius 3 is 2.67 bits per heavy atom. The lowest BCUT2D eigenvalue weighted by Gasteiger charge is -2.20. The molecule has 0 bridgehead atoms. The second-order valence-corrected chi connectivity index (χ2v) is 5.44. The second kappa shape index (κ2) is 6.61. The molecule has 1 fully saturated rings. The van der Waals surface area contributed by atoms with Gasteiger partial charge in [-0.1, -0.05) is 12.1 Å². The van der Waals surface area contributed by atoms with Crippen LogP contribution in [-0.2, 0) is 9.59 Å². The second-order valence-electron chi connectivity index (χ2n) is 5.44. The van der Waals surface area contributed by atoms with Gasteiger partial charge in [0.05, 0.1) is 13.0 Å². The van der Waals surface area contributed by atoms with E-state index in [1.807, 2.05) is 32.0 Å². The number of aryl methyl sites for hydroxylation is 1. The van der Waals surface area contributed by atoms with Crippen LogP contribution in [0.3, 0.4) is 0 Å². The summed E-state index contributed by atoms with van der Waals surface area (Å²) in [5.41, 5.74) is 2.21. The van der Waals surface area contributed by atoms with Gasteiger partial charge in [0.25, 0.3) is 0 Å². The molecule has 0 spiro atoms. The highest BCUT2D eigenvalue weighted by Gasteiger charge is 2.33. The summed E-state index contributed by atoms with van der Waals surface area (Å²) < 4.78 is 5.65. The smallest absolute Gasteiger partial charge is 0.323 e. The van der Waals surface area contributed by atoms with E-state index < -0.39 is 5.97 Å². The monoisotopic (exact) mass is 291 g/mol. The van der Waals surface area contributed by atoms with Crippen LogP contribution in [-0.4, -0.2) is 41.1 Å². The van der Waals surface area contributed by atoms with Crippen molar-refractivity contribution in [1.29, 1.82) is 0 Å². The SMILES string of the molecule is Cc1cccc(OCCC(=O)N(CC(=O)O)C2CC2)c1C. The van der Waals surface area contributed by atoms with Crippen molar-refractivity contribution in [1.82, 2.24) is 4.90 Å². The number of hydrogen-bond donors (Lipinski definition) is 1. The number of amides is 1. The van der Waals surface area contributed by atoms with Crippen molar-refractivity contribution in [2.75, 3.05) is 13.2 Å². The lowest BCUT2D eigenvalue weighted by atomic mass is 10.1. The summed E-state index contributed by atoms with van der Waals surface area (Å²) in [5, 5.41) is 8.85. The zero-order chi connectivity index (χ0) is 15.4. The minimum atomic E-state index is -0.967. The number of carboxylic acid groups (broad SMARTS) is 1. The zero-order valence-corrected chi connectivity index (χ0v) is 12.5. The summed E-state index contributed by atoms with van der Waals surface area (Å²) in [7, 11) is 0. The van der Waals surface area contributed by atoms with Crippen LogP contribution in [0, 0.1) is 13.8 Å². The van der Waals surface area contributed by atoms with Crippen molar-refractivity contribution in [3.8, 4) is 5.75 Å². The lowest BCUT2D eigenvalue weighted by Crippen LogP contribution is -2.38. The van der Waals surface area contributed by atoms with E-state index in [1.165, 1.54) is 4.90 Å². The number of ether oxygens (including phenoxy) is 1.